The van der Waals surface area contributed by atoms with Crippen LogP contribution in [0.3, 0.4) is 0 Å². The third-order valence-corrected chi connectivity index (χ3v) is 4.61. The second-order valence-corrected chi connectivity index (χ2v) is 6.98. The predicted octanol–water partition coefficient (Wildman–Crippen LogP) is 4.34. The first-order chi connectivity index (χ1) is 13.9. The van der Waals surface area contributed by atoms with Crippen molar-refractivity contribution in [2.45, 2.75) is 33.4 Å². The van der Waals surface area contributed by atoms with Crippen LogP contribution >= 0.6 is 11.6 Å². The lowest BCUT2D eigenvalue weighted by Gasteiger charge is -2.26. The Bertz CT molecular complexity index is 853. The van der Waals surface area contributed by atoms with Gasteiger partial charge in [0.15, 0.2) is 11.5 Å². The summed E-state index contributed by atoms with van der Waals surface area (Å²) in [6.45, 7) is 5.84. The Morgan fingerprint density at radius 2 is 1.83 bits per heavy atom. The quantitative estimate of drug-likeness (QED) is 0.565. The Labute approximate surface area is 176 Å². The highest BCUT2D eigenvalue weighted by Gasteiger charge is 2.23. The molecule has 0 heterocycles. The maximum absolute atomic E-state index is 12.9. The van der Waals surface area contributed by atoms with Gasteiger partial charge in [0.25, 0.3) is 5.91 Å². The lowest BCUT2D eigenvalue weighted by molar-refractivity contribution is -0.144. The summed E-state index contributed by atoms with van der Waals surface area (Å²) in [4.78, 5) is 26.2. The molecule has 0 aliphatic rings. The number of rotatable bonds is 9. The van der Waals surface area contributed by atoms with Gasteiger partial charge in [0.2, 0.25) is 0 Å². The van der Waals surface area contributed by atoms with Crippen molar-refractivity contribution in [1.82, 2.24) is 4.90 Å². The maximum atomic E-state index is 12.9. The second-order valence-electron chi connectivity index (χ2n) is 6.58. The predicted molar refractivity (Wildman–Crippen MR) is 112 cm³/mol. The maximum Gasteiger partial charge on any atom is 0.325 e. The number of carbonyl (C=O) groups excluding carboxylic acids is 2. The fourth-order valence-electron chi connectivity index (χ4n) is 2.69. The van der Waals surface area contributed by atoms with Gasteiger partial charge in [-0.05, 0) is 45.0 Å². The van der Waals surface area contributed by atoms with Crippen molar-refractivity contribution in [1.29, 1.82) is 0 Å². The zero-order valence-electron chi connectivity index (χ0n) is 17.1. The van der Waals surface area contributed by atoms with Crippen LogP contribution in [0.5, 0.6) is 11.5 Å². The van der Waals surface area contributed by atoms with Crippen molar-refractivity contribution < 1.29 is 23.8 Å². The van der Waals surface area contributed by atoms with Crippen LogP contribution in [0.1, 0.15) is 36.7 Å². The first kappa shape index (κ1) is 22.6. The number of hydrogen-bond donors (Lipinski definition) is 0. The van der Waals surface area contributed by atoms with E-state index in [2.05, 4.69) is 0 Å². The molecule has 1 amide bonds. The molecule has 0 bridgehead atoms. The topological polar surface area (TPSA) is 65.1 Å². The van der Waals surface area contributed by atoms with Gasteiger partial charge in [0.05, 0.1) is 13.7 Å². The third-order valence-electron chi connectivity index (χ3n) is 4.24. The lowest BCUT2D eigenvalue weighted by atomic mass is 10.1. The highest BCUT2D eigenvalue weighted by molar-refractivity contribution is 6.31. The number of hydrogen-bond acceptors (Lipinski definition) is 5. The van der Waals surface area contributed by atoms with Crippen molar-refractivity contribution in [3.8, 4) is 11.5 Å². The molecule has 0 fully saturated rings. The monoisotopic (exact) mass is 419 g/mol. The normalized spacial score (nSPS) is 10.6. The molecular formula is C22H26ClNO5. The molecule has 2 aromatic carbocycles. The van der Waals surface area contributed by atoms with Gasteiger partial charge in [0, 0.05) is 22.2 Å². The zero-order valence-corrected chi connectivity index (χ0v) is 17.9. The Kier molecular flexibility index (Phi) is 8.34. The molecule has 0 aliphatic heterocycles. The van der Waals surface area contributed by atoms with E-state index >= 15 is 0 Å². The van der Waals surface area contributed by atoms with Crippen molar-refractivity contribution in [2.75, 3.05) is 20.3 Å². The first-order valence-corrected chi connectivity index (χ1v) is 9.76. The van der Waals surface area contributed by atoms with Gasteiger partial charge in [-0.25, -0.2) is 0 Å². The summed E-state index contributed by atoms with van der Waals surface area (Å²) in [6, 6.07) is 12.2. The fraction of sp³-hybridized carbons (Fsp3) is 0.364. The van der Waals surface area contributed by atoms with Gasteiger partial charge in [-0.15, -0.1) is 0 Å². The van der Waals surface area contributed by atoms with Gasteiger partial charge >= 0.3 is 5.97 Å². The number of ether oxygens (including phenoxy) is 3. The van der Waals surface area contributed by atoms with Crippen LogP contribution < -0.4 is 9.47 Å². The molecule has 0 saturated carbocycles. The Morgan fingerprint density at radius 3 is 2.45 bits per heavy atom. The lowest BCUT2D eigenvalue weighted by Crippen LogP contribution is -2.41. The van der Waals surface area contributed by atoms with Crippen LogP contribution in [0.2, 0.25) is 5.02 Å². The standard InChI is InChI=1S/C22H26ClNO5/c1-5-28-21(25)13-24(15(2)3)22(26)16-10-11-19(20(12-16)27-4)29-14-17-8-6-7-9-18(17)23/h6-12,15H,5,13-14H2,1-4H3. The van der Waals surface area contributed by atoms with Gasteiger partial charge in [0.1, 0.15) is 13.2 Å². The minimum absolute atomic E-state index is 0.114. The number of nitrogens with zero attached hydrogens (tertiary/aromatic N) is 1. The Balaban J connectivity index is 2.18. The minimum atomic E-state index is -0.443. The fourth-order valence-corrected chi connectivity index (χ4v) is 2.88. The van der Waals surface area contributed by atoms with E-state index in [4.69, 9.17) is 25.8 Å². The molecule has 6 nitrogen and oxygen atoms in total. The molecule has 0 radical (unpaired) electrons. The van der Waals surface area contributed by atoms with E-state index in [1.54, 1.807) is 31.2 Å². The van der Waals surface area contributed by atoms with E-state index in [9.17, 15) is 9.59 Å². The summed E-state index contributed by atoms with van der Waals surface area (Å²) < 4.78 is 16.2. The molecule has 29 heavy (non-hydrogen) atoms. The van der Waals surface area contributed by atoms with Crippen molar-refractivity contribution in [2.24, 2.45) is 0 Å². The van der Waals surface area contributed by atoms with E-state index in [0.29, 0.717) is 22.1 Å². The van der Waals surface area contributed by atoms with E-state index in [1.165, 1.54) is 12.0 Å². The van der Waals surface area contributed by atoms with Crippen LogP contribution in [0, 0.1) is 0 Å². The number of methoxy groups -OCH3 is 1. The Hall–Kier alpha value is -2.73. The molecule has 0 saturated heterocycles. The van der Waals surface area contributed by atoms with Gasteiger partial charge < -0.3 is 19.1 Å². The van der Waals surface area contributed by atoms with Crippen LogP contribution in [-0.2, 0) is 16.1 Å². The minimum Gasteiger partial charge on any atom is -0.493 e. The zero-order chi connectivity index (χ0) is 21.4. The molecule has 0 spiro atoms. The summed E-state index contributed by atoms with van der Waals surface area (Å²) in [7, 11) is 1.50. The molecule has 0 aromatic heterocycles. The summed E-state index contributed by atoms with van der Waals surface area (Å²) in [6.07, 6.45) is 0. The second kappa shape index (κ2) is 10.7. The van der Waals surface area contributed by atoms with Crippen LogP contribution in [-0.4, -0.2) is 43.1 Å². The summed E-state index contributed by atoms with van der Waals surface area (Å²) in [5, 5.41) is 0.616. The van der Waals surface area contributed by atoms with Gasteiger partial charge in [-0.1, -0.05) is 29.8 Å². The Morgan fingerprint density at radius 1 is 1.10 bits per heavy atom. The molecule has 0 aliphatic carbocycles. The van der Waals surface area contributed by atoms with Crippen LogP contribution in [0.4, 0.5) is 0 Å². The van der Waals surface area contributed by atoms with E-state index in [-0.39, 0.29) is 31.7 Å². The summed E-state index contributed by atoms with van der Waals surface area (Å²) >= 11 is 6.16. The van der Waals surface area contributed by atoms with Crippen molar-refractivity contribution in [3.05, 3.63) is 58.6 Å². The molecule has 156 valence electrons. The molecular weight excluding hydrogens is 394 g/mol. The van der Waals surface area contributed by atoms with E-state index in [0.717, 1.165) is 5.56 Å². The number of halogens is 1. The van der Waals surface area contributed by atoms with Crippen molar-refractivity contribution >= 4 is 23.5 Å². The highest BCUT2D eigenvalue weighted by atomic mass is 35.5. The summed E-state index contributed by atoms with van der Waals surface area (Å²) in [5.74, 6) is 0.179. The number of carbonyl (C=O) groups is 2. The SMILES string of the molecule is CCOC(=O)CN(C(=O)c1ccc(OCc2ccccc2Cl)c(OC)c1)C(C)C. The molecule has 0 atom stereocenters. The molecule has 0 N–H and O–H groups in total. The largest absolute Gasteiger partial charge is 0.493 e. The smallest absolute Gasteiger partial charge is 0.325 e. The van der Waals surface area contributed by atoms with Gasteiger partial charge in [-0.2, -0.15) is 0 Å². The third kappa shape index (κ3) is 6.12. The number of amides is 1. The first-order valence-electron chi connectivity index (χ1n) is 9.38. The molecule has 2 rings (SSSR count). The number of benzene rings is 2. The average molecular weight is 420 g/mol. The van der Waals surface area contributed by atoms with Gasteiger partial charge in [-0.3, -0.25) is 9.59 Å². The van der Waals surface area contributed by atoms with Crippen molar-refractivity contribution in [3.63, 3.8) is 0 Å². The van der Waals surface area contributed by atoms with E-state index in [1.807, 2.05) is 32.0 Å². The summed E-state index contributed by atoms with van der Waals surface area (Å²) in [5.41, 5.74) is 1.24. The van der Waals surface area contributed by atoms with Crippen LogP contribution in [0.15, 0.2) is 42.5 Å². The van der Waals surface area contributed by atoms with E-state index < -0.39 is 5.97 Å². The molecule has 0 unspecified atom stereocenters. The van der Waals surface area contributed by atoms with Crippen LogP contribution in [0.25, 0.3) is 0 Å². The molecule has 2 aromatic rings. The average Bonchev–Trinajstić information content (AvgIpc) is 2.71. The molecule has 7 heteroatoms. The highest BCUT2D eigenvalue weighted by Crippen LogP contribution is 2.30. The number of esters is 1.